The molecule has 2 nitrogen and oxygen atoms in total. The molecule has 1 unspecified atom stereocenters. The molecule has 14 heavy (non-hydrogen) atoms. The Bertz CT molecular complexity index is 301. The molecular formula is C11H16FNO. The molecule has 0 spiro atoms. The zero-order valence-electron chi connectivity index (χ0n) is 8.55. The van der Waals surface area contributed by atoms with Crippen molar-refractivity contribution >= 4 is 0 Å². The Balaban J connectivity index is 2.92. The molecule has 0 heterocycles. The van der Waals surface area contributed by atoms with E-state index in [1.165, 1.54) is 12.1 Å². The number of halogens is 1. The van der Waals surface area contributed by atoms with Crippen LogP contribution in [0.25, 0.3) is 0 Å². The van der Waals surface area contributed by atoms with Gasteiger partial charge in [0.15, 0.2) is 0 Å². The number of aliphatic hydroxyl groups excluding tert-OH is 1. The summed E-state index contributed by atoms with van der Waals surface area (Å²) >= 11 is 0. The Morgan fingerprint density at radius 1 is 1.50 bits per heavy atom. The van der Waals surface area contributed by atoms with Crippen LogP contribution in [0.2, 0.25) is 0 Å². The molecule has 1 atom stereocenters. The molecule has 2 N–H and O–H groups in total. The van der Waals surface area contributed by atoms with Crippen molar-refractivity contribution < 1.29 is 9.50 Å². The maximum Gasteiger partial charge on any atom is 0.123 e. The van der Waals surface area contributed by atoms with Crippen molar-refractivity contribution in [2.24, 2.45) is 0 Å². The van der Waals surface area contributed by atoms with Gasteiger partial charge in [-0.05, 0) is 36.7 Å². The maximum absolute atomic E-state index is 12.8. The van der Waals surface area contributed by atoms with Crippen molar-refractivity contribution in [2.75, 3.05) is 13.2 Å². The highest BCUT2D eigenvalue weighted by molar-refractivity contribution is 5.29. The second-order valence-corrected chi connectivity index (χ2v) is 3.29. The number of hydrogen-bond donors (Lipinski definition) is 2. The quantitative estimate of drug-likeness (QED) is 0.771. The molecule has 0 radical (unpaired) electrons. The van der Waals surface area contributed by atoms with Gasteiger partial charge in [-0.3, -0.25) is 0 Å². The molecule has 0 fully saturated rings. The number of nitrogens with one attached hydrogen (secondary N) is 1. The topological polar surface area (TPSA) is 32.3 Å². The van der Waals surface area contributed by atoms with E-state index in [-0.39, 0.29) is 18.5 Å². The average Bonchev–Trinajstić information content (AvgIpc) is 2.15. The molecule has 3 heteroatoms. The van der Waals surface area contributed by atoms with Gasteiger partial charge in [-0.15, -0.1) is 0 Å². The van der Waals surface area contributed by atoms with Crippen LogP contribution >= 0.6 is 0 Å². The number of likely N-dealkylation sites (N-methyl/N-ethyl adjacent to an activating group) is 1. The predicted molar refractivity (Wildman–Crippen MR) is 54.6 cm³/mol. The van der Waals surface area contributed by atoms with Crippen molar-refractivity contribution in [3.8, 4) is 0 Å². The lowest BCUT2D eigenvalue weighted by Gasteiger charge is -2.17. The highest BCUT2D eigenvalue weighted by Crippen LogP contribution is 2.18. The predicted octanol–water partition coefficient (Wildman–Crippen LogP) is 1.78. The molecule has 0 saturated heterocycles. The van der Waals surface area contributed by atoms with Gasteiger partial charge in [0.05, 0.1) is 12.6 Å². The van der Waals surface area contributed by atoms with Crippen molar-refractivity contribution in [1.29, 1.82) is 0 Å². The zero-order valence-corrected chi connectivity index (χ0v) is 8.55. The molecule has 1 aromatic rings. The lowest BCUT2D eigenvalue weighted by atomic mass is 10.0. The van der Waals surface area contributed by atoms with Gasteiger partial charge in [0.1, 0.15) is 5.82 Å². The Hall–Kier alpha value is -0.930. The van der Waals surface area contributed by atoms with Gasteiger partial charge in [-0.1, -0.05) is 13.0 Å². The molecule has 0 aromatic heterocycles. The number of aryl methyl sites for hydroxylation is 1. The Morgan fingerprint density at radius 2 is 2.21 bits per heavy atom. The number of hydrogen-bond acceptors (Lipinski definition) is 2. The smallest absolute Gasteiger partial charge is 0.123 e. The van der Waals surface area contributed by atoms with E-state index in [1.807, 2.05) is 13.8 Å². The van der Waals surface area contributed by atoms with Crippen LogP contribution in [0.5, 0.6) is 0 Å². The van der Waals surface area contributed by atoms with Gasteiger partial charge in [-0.25, -0.2) is 4.39 Å². The van der Waals surface area contributed by atoms with Gasteiger partial charge in [0, 0.05) is 0 Å². The Morgan fingerprint density at radius 3 is 2.71 bits per heavy atom. The van der Waals surface area contributed by atoms with Gasteiger partial charge in [0.2, 0.25) is 0 Å². The van der Waals surface area contributed by atoms with Gasteiger partial charge in [-0.2, -0.15) is 0 Å². The van der Waals surface area contributed by atoms with Crippen molar-refractivity contribution in [3.63, 3.8) is 0 Å². The summed E-state index contributed by atoms with van der Waals surface area (Å²) in [5.41, 5.74) is 1.82. The highest BCUT2D eigenvalue weighted by Gasteiger charge is 2.11. The molecule has 1 aromatic carbocycles. The summed E-state index contributed by atoms with van der Waals surface area (Å²) in [5, 5.41) is 12.3. The summed E-state index contributed by atoms with van der Waals surface area (Å²) in [5.74, 6) is -0.237. The summed E-state index contributed by atoms with van der Waals surface area (Å²) in [4.78, 5) is 0. The van der Waals surface area contributed by atoms with Crippen LogP contribution in [0.1, 0.15) is 24.1 Å². The third-order valence-corrected chi connectivity index (χ3v) is 2.24. The minimum Gasteiger partial charge on any atom is -0.394 e. The first-order chi connectivity index (χ1) is 6.69. The molecule has 0 bridgehead atoms. The molecule has 0 aliphatic carbocycles. The van der Waals surface area contributed by atoms with Crippen molar-refractivity contribution in [3.05, 3.63) is 35.1 Å². The molecule has 0 saturated carbocycles. The van der Waals surface area contributed by atoms with Crippen LogP contribution in [-0.2, 0) is 0 Å². The van der Waals surface area contributed by atoms with Crippen LogP contribution in [0.15, 0.2) is 18.2 Å². The fraction of sp³-hybridized carbons (Fsp3) is 0.455. The lowest BCUT2D eigenvalue weighted by molar-refractivity contribution is 0.246. The SMILES string of the molecule is CCNC(CO)c1ccc(F)cc1C. The van der Waals surface area contributed by atoms with E-state index in [2.05, 4.69) is 5.32 Å². The first-order valence-corrected chi connectivity index (χ1v) is 4.79. The Kier molecular flexibility index (Phi) is 4.04. The summed E-state index contributed by atoms with van der Waals surface area (Å²) in [6.45, 7) is 4.63. The largest absolute Gasteiger partial charge is 0.394 e. The van der Waals surface area contributed by atoms with Gasteiger partial charge < -0.3 is 10.4 Å². The fourth-order valence-corrected chi connectivity index (χ4v) is 1.55. The third kappa shape index (κ3) is 2.53. The van der Waals surface area contributed by atoms with Crippen LogP contribution < -0.4 is 5.32 Å². The highest BCUT2D eigenvalue weighted by atomic mass is 19.1. The minimum absolute atomic E-state index is 0.0281. The monoisotopic (exact) mass is 197 g/mol. The first kappa shape index (κ1) is 11.1. The third-order valence-electron chi connectivity index (χ3n) is 2.24. The standard InChI is InChI=1S/C11H16FNO/c1-3-13-11(7-14)10-5-4-9(12)6-8(10)2/h4-6,11,13-14H,3,7H2,1-2H3. The van der Waals surface area contributed by atoms with Crippen molar-refractivity contribution in [2.45, 2.75) is 19.9 Å². The minimum atomic E-state index is -0.237. The Labute approximate surface area is 83.8 Å². The molecular weight excluding hydrogens is 181 g/mol. The van der Waals surface area contributed by atoms with Crippen LogP contribution in [0.3, 0.4) is 0 Å². The summed E-state index contributed by atoms with van der Waals surface area (Å²) in [6, 6.07) is 4.52. The van der Waals surface area contributed by atoms with Crippen molar-refractivity contribution in [1.82, 2.24) is 5.32 Å². The van der Waals surface area contributed by atoms with Crippen LogP contribution in [-0.4, -0.2) is 18.3 Å². The summed E-state index contributed by atoms with van der Waals surface area (Å²) in [7, 11) is 0. The van der Waals surface area contributed by atoms with E-state index in [0.717, 1.165) is 17.7 Å². The summed E-state index contributed by atoms with van der Waals surface area (Å²) < 4.78 is 12.8. The summed E-state index contributed by atoms with van der Waals surface area (Å²) in [6.07, 6.45) is 0. The number of benzene rings is 1. The van der Waals surface area contributed by atoms with E-state index in [4.69, 9.17) is 5.11 Å². The number of rotatable bonds is 4. The van der Waals surface area contributed by atoms with Crippen LogP contribution in [0, 0.1) is 12.7 Å². The lowest BCUT2D eigenvalue weighted by Crippen LogP contribution is -2.24. The van der Waals surface area contributed by atoms with E-state index < -0.39 is 0 Å². The van der Waals surface area contributed by atoms with Crippen LogP contribution in [0.4, 0.5) is 4.39 Å². The fourth-order valence-electron chi connectivity index (χ4n) is 1.55. The van der Waals surface area contributed by atoms with E-state index in [1.54, 1.807) is 6.07 Å². The molecule has 78 valence electrons. The van der Waals surface area contributed by atoms with Gasteiger partial charge in [0.25, 0.3) is 0 Å². The number of aliphatic hydroxyl groups is 1. The second-order valence-electron chi connectivity index (χ2n) is 3.29. The molecule has 0 aliphatic heterocycles. The zero-order chi connectivity index (χ0) is 10.6. The molecule has 0 aliphatic rings. The normalized spacial score (nSPS) is 12.9. The maximum atomic E-state index is 12.8. The van der Waals surface area contributed by atoms with Gasteiger partial charge >= 0.3 is 0 Å². The van der Waals surface area contributed by atoms with E-state index in [0.29, 0.717) is 0 Å². The van der Waals surface area contributed by atoms with E-state index >= 15 is 0 Å². The molecule has 1 rings (SSSR count). The first-order valence-electron chi connectivity index (χ1n) is 4.79. The average molecular weight is 197 g/mol. The van der Waals surface area contributed by atoms with E-state index in [9.17, 15) is 4.39 Å². The second kappa shape index (κ2) is 5.08. The molecule has 0 amide bonds.